The Morgan fingerprint density at radius 2 is 1.95 bits per heavy atom. The number of nitrogens with two attached hydrogens (primary N) is 1. The van der Waals surface area contributed by atoms with E-state index in [9.17, 15) is 4.79 Å². The van der Waals surface area contributed by atoms with Gasteiger partial charge in [-0.1, -0.05) is 13.8 Å². The Balaban J connectivity index is 3.07. The lowest BCUT2D eigenvalue weighted by Crippen LogP contribution is -2.21. The van der Waals surface area contributed by atoms with E-state index >= 15 is 0 Å². The van der Waals surface area contributed by atoms with Crippen molar-refractivity contribution in [2.75, 3.05) is 44.6 Å². The fourth-order valence-corrected chi connectivity index (χ4v) is 4.00. The van der Waals surface area contributed by atoms with E-state index in [4.69, 9.17) is 5.73 Å². The summed E-state index contributed by atoms with van der Waals surface area (Å²) in [7, 11) is 5.57. The van der Waals surface area contributed by atoms with E-state index in [-0.39, 0.29) is 5.91 Å². The predicted molar refractivity (Wildman–Crippen MR) is 91.3 cm³/mol. The molecule has 0 unspecified atom stereocenters. The van der Waals surface area contributed by atoms with E-state index < -0.39 is 0 Å². The van der Waals surface area contributed by atoms with Crippen molar-refractivity contribution in [3.05, 3.63) is 4.88 Å². The number of nitrogens with zero attached hydrogens (tertiary/aromatic N) is 2. The smallest absolute Gasteiger partial charge is 0.265 e. The second-order valence-electron chi connectivity index (χ2n) is 5.49. The van der Waals surface area contributed by atoms with Gasteiger partial charge in [0.05, 0.1) is 10.6 Å². The molecular weight excluding hydrogens is 290 g/mol. The summed E-state index contributed by atoms with van der Waals surface area (Å²) in [5, 5.41) is 1.10. The standard InChI is InChI=1S/C14H25N3OS2/c1-9(2)7-8-17(5)14-12(19-6)10(15)11(20-14)13(18)16(3)4/h9H,7-8,15H2,1-6H3. The molecule has 4 nitrogen and oxygen atoms in total. The van der Waals surface area contributed by atoms with Crippen LogP contribution in [0.25, 0.3) is 0 Å². The van der Waals surface area contributed by atoms with Gasteiger partial charge in [0.25, 0.3) is 5.91 Å². The highest BCUT2D eigenvalue weighted by molar-refractivity contribution is 7.99. The maximum absolute atomic E-state index is 12.2. The zero-order valence-electron chi connectivity index (χ0n) is 13.2. The predicted octanol–water partition coefficient (Wildman–Crippen LogP) is 3.24. The minimum Gasteiger partial charge on any atom is -0.396 e. The summed E-state index contributed by atoms with van der Waals surface area (Å²) in [6.07, 6.45) is 3.13. The Bertz CT molecular complexity index is 469. The van der Waals surface area contributed by atoms with Gasteiger partial charge in [-0.05, 0) is 18.6 Å². The lowest BCUT2D eigenvalue weighted by Gasteiger charge is -2.19. The number of thioether (sulfide) groups is 1. The Morgan fingerprint density at radius 3 is 2.40 bits per heavy atom. The van der Waals surface area contributed by atoms with Gasteiger partial charge in [0, 0.05) is 27.7 Å². The van der Waals surface area contributed by atoms with E-state index in [1.54, 1.807) is 30.8 Å². The number of thiophene rings is 1. The van der Waals surface area contributed by atoms with Crippen molar-refractivity contribution < 1.29 is 4.79 Å². The van der Waals surface area contributed by atoms with Crippen LogP contribution in [-0.4, -0.2) is 44.8 Å². The zero-order chi connectivity index (χ0) is 15.4. The Morgan fingerprint density at radius 1 is 1.35 bits per heavy atom. The average molecular weight is 316 g/mol. The number of carbonyl (C=O) groups excluding carboxylic acids is 1. The second-order valence-corrected chi connectivity index (χ2v) is 7.30. The molecule has 114 valence electrons. The highest BCUT2D eigenvalue weighted by Crippen LogP contribution is 2.43. The Hall–Kier alpha value is -0.880. The normalized spacial score (nSPS) is 10.9. The first-order chi connectivity index (χ1) is 9.29. The summed E-state index contributed by atoms with van der Waals surface area (Å²) in [5.74, 6) is 0.640. The van der Waals surface area contributed by atoms with Crippen LogP contribution in [0.4, 0.5) is 10.7 Å². The third-order valence-electron chi connectivity index (χ3n) is 3.08. The highest BCUT2D eigenvalue weighted by Gasteiger charge is 2.23. The van der Waals surface area contributed by atoms with Gasteiger partial charge in [0.2, 0.25) is 0 Å². The van der Waals surface area contributed by atoms with Crippen molar-refractivity contribution in [1.29, 1.82) is 0 Å². The van der Waals surface area contributed by atoms with Crippen LogP contribution in [0.3, 0.4) is 0 Å². The second kappa shape index (κ2) is 7.22. The minimum absolute atomic E-state index is 0.0219. The van der Waals surface area contributed by atoms with E-state index in [0.717, 1.165) is 22.9 Å². The first-order valence-corrected chi connectivity index (χ1v) is 8.72. The third-order valence-corrected chi connectivity index (χ3v) is 5.33. The van der Waals surface area contributed by atoms with E-state index in [1.165, 1.54) is 11.3 Å². The number of hydrogen-bond acceptors (Lipinski definition) is 5. The maximum atomic E-state index is 12.2. The van der Waals surface area contributed by atoms with Crippen LogP contribution in [0.15, 0.2) is 4.90 Å². The highest BCUT2D eigenvalue weighted by atomic mass is 32.2. The largest absolute Gasteiger partial charge is 0.396 e. The van der Waals surface area contributed by atoms with Crippen LogP contribution in [0, 0.1) is 5.92 Å². The van der Waals surface area contributed by atoms with Gasteiger partial charge in [-0.25, -0.2) is 0 Å². The van der Waals surface area contributed by atoms with Crippen LogP contribution in [0.1, 0.15) is 29.9 Å². The molecule has 0 spiro atoms. The fraction of sp³-hybridized carbons (Fsp3) is 0.643. The number of rotatable bonds is 6. The number of anilines is 2. The molecule has 1 aromatic heterocycles. The molecule has 1 amide bonds. The van der Waals surface area contributed by atoms with E-state index in [0.29, 0.717) is 16.5 Å². The molecule has 0 bridgehead atoms. The Labute approximate surface area is 130 Å². The summed E-state index contributed by atoms with van der Waals surface area (Å²) >= 11 is 3.10. The summed E-state index contributed by atoms with van der Waals surface area (Å²) < 4.78 is 0. The summed E-state index contributed by atoms with van der Waals surface area (Å²) in [6.45, 7) is 5.40. The molecule has 6 heteroatoms. The molecule has 0 atom stereocenters. The average Bonchev–Trinajstić information content (AvgIpc) is 2.71. The van der Waals surface area contributed by atoms with Gasteiger partial charge in [-0.2, -0.15) is 0 Å². The van der Waals surface area contributed by atoms with Crippen molar-refractivity contribution in [3.63, 3.8) is 0 Å². The molecular formula is C14H25N3OS2. The molecule has 1 rings (SSSR count). The number of nitrogen functional groups attached to an aromatic ring is 1. The van der Waals surface area contributed by atoms with Crippen molar-refractivity contribution in [1.82, 2.24) is 4.90 Å². The SMILES string of the molecule is CSc1c(N(C)CCC(C)C)sc(C(=O)N(C)C)c1N. The Kier molecular flexibility index (Phi) is 6.20. The van der Waals surface area contributed by atoms with Crippen LogP contribution < -0.4 is 10.6 Å². The van der Waals surface area contributed by atoms with Crippen molar-refractivity contribution in [2.24, 2.45) is 5.92 Å². The van der Waals surface area contributed by atoms with Gasteiger partial charge >= 0.3 is 0 Å². The molecule has 0 aromatic carbocycles. The third kappa shape index (κ3) is 3.82. The molecule has 0 fully saturated rings. The van der Waals surface area contributed by atoms with E-state index in [2.05, 4.69) is 25.8 Å². The lowest BCUT2D eigenvalue weighted by molar-refractivity contribution is 0.0833. The molecule has 0 aliphatic rings. The van der Waals surface area contributed by atoms with Crippen molar-refractivity contribution >= 4 is 39.7 Å². The molecule has 0 aliphatic carbocycles. The molecule has 20 heavy (non-hydrogen) atoms. The molecule has 2 N–H and O–H groups in total. The van der Waals surface area contributed by atoms with E-state index in [1.807, 2.05) is 6.26 Å². The summed E-state index contributed by atoms with van der Waals surface area (Å²) in [5.41, 5.74) is 6.78. The maximum Gasteiger partial charge on any atom is 0.265 e. The van der Waals surface area contributed by atoms with Gasteiger partial charge in [0.1, 0.15) is 9.88 Å². The number of carbonyl (C=O) groups is 1. The van der Waals surface area contributed by atoms with Crippen LogP contribution in [0.2, 0.25) is 0 Å². The molecule has 0 saturated heterocycles. The zero-order valence-corrected chi connectivity index (χ0v) is 14.8. The van der Waals surface area contributed by atoms with Gasteiger partial charge in [-0.3, -0.25) is 4.79 Å². The fourth-order valence-electron chi connectivity index (χ4n) is 1.78. The minimum atomic E-state index is -0.0219. The molecule has 1 heterocycles. The topological polar surface area (TPSA) is 49.6 Å². The molecule has 1 aromatic rings. The van der Waals surface area contributed by atoms with Crippen LogP contribution >= 0.6 is 23.1 Å². The molecule has 0 aliphatic heterocycles. The first kappa shape index (κ1) is 17.2. The number of hydrogen-bond donors (Lipinski definition) is 1. The van der Waals surface area contributed by atoms with Crippen LogP contribution in [-0.2, 0) is 0 Å². The summed E-state index contributed by atoms with van der Waals surface area (Å²) in [4.78, 5) is 17.6. The number of amides is 1. The lowest BCUT2D eigenvalue weighted by atomic mass is 10.1. The first-order valence-electron chi connectivity index (χ1n) is 6.68. The monoisotopic (exact) mass is 315 g/mol. The van der Waals surface area contributed by atoms with Gasteiger partial charge in [0.15, 0.2) is 0 Å². The molecule has 0 saturated carbocycles. The summed E-state index contributed by atoms with van der Waals surface area (Å²) in [6, 6.07) is 0. The van der Waals surface area contributed by atoms with Gasteiger partial charge < -0.3 is 15.5 Å². The van der Waals surface area contributed by atoms with Crippen molar-refractivity contribution in [2.45, 2.75) is 25.2 Å². The van der Waals surface area contributed by atoms with Crippen LogP contribution in [0.5, 0.6) is 0 Å². The molecule has 0 radical (unpaired) electrons. The van der Waals surface area contributed by atoms with Crippen molar-refractivity contribution in [3.8, 4) is 0 Å². The van der Waals surface area contributed by atoms with Gasteiger partial charge in [-0.15, -0.1) is 23.1 Å². The quantitative estimate of drug-likeness (QED) is 0.819.